The number of nitrogens with one attached hydrogen (secondary N) is 2. The second-order valence-corrected chi connectivity index (χ2v) is 5.54. The molecule has 0 heterocycles. The van der Waals surface area contributed by atoms with E-state index in [1.807, 2.05) is 34.6 Å². The third-order valence-electron chi connectivity index (χ3n) is 2.02. The first-order valence-electron chi connectivity index (χ1n) is 5.74. The van der Waals surface area contributed by atoms with Crippen molar-refractivity contribution in [2.24, 2.45) is 5.92 Å². The number of carbonyl (C=O) groups excluding carboxylic acids is 2. The van der Waals surface area contributed by atoms with Crippen molar-refractivity contribution in [2.45, 2.75) is 52.6 Å². The van der Waals surface area contributed by atoms with E-state index in [0.29, 0.717) is 12.3 Å². The van der Waals surface area contributed by atoms with Crippen LogP contribution in [0.4, 0.5) is 0 Å². The van der Waals surface area contributed by atoms with Gasteiger partial charge in [0.2, 0.25) is 5.91 Å². The minimum atomic E-state index is -0.366. The molecule has 0 aromatic heterocycles. The van der Waals surface area contributed by atoms with Gasteiger partial charge in [0.15, 0.2) is 0 Å². The highest BCUT2D eigenvalue weighted by Gasteiger charge is 2.15. The molecule has 0 aliphatic rings. The van der Waals surface area contributed by atoms with Gasteiger partial charge in [0.25, 0.3) is 0 Å². The van der Waals surface area contributed by atoms with Crippen LogP contribution in [0, 0.1) is 5.92 Å². The molecule has 0 fully saturated rings. The van der Waals surface area contributed by atoms with Crippen molar-refractivity contribution in [3.63, 3.8) is 0 Å². The first-order valence-corrected chi connectivity index (χ1v) is 5.74. The van der Waals surface area contributed by atoms with Gasteiger partial charge in [0, 0.05) is 5.54 Å². The lowest BCUT2D eigenvalue weighted by Crippen LogP contribution is -2.46. The Hall–Kier alpha value is -0.900. The van der Waals surface area contributed by atoms with Crippen molar-refractivity contribution < 1.29 is 9.59 Å². The van der Waals surface area contributed by atoms with Crippen LogP contribution in [0.1, 0.15) is 41.0 Å². The third-order valence-corrected chi connectivity index (χ3v) is 2.02. The fourth-order valence-corrected chi connectivity index (χ4v) is 1.26. The Morgan fingerprint density at radius 3 is 2.25 bits per heavy atom. The molecule has 4 heteroatoms. The molecular weight excluding hydrogens is 204 g/mol. The molecule has 2 N–H and O–H groups in total. The molecule has 0 bridgehead atoms. The van der Waals surface area contributed by atoms with E-state index in [9.17, 15) is 9.59 Å². The van der Waals surface area contributed by atoms with Crippen LogP contribution in [0.15, 0.2) is 0 Å². The number of rotatable bonds is 6. The molecule has 1 amide bonds. The van der Waals surface area contributed by atoms with E-state index in [-0.39, 0.29) is 24.0 Å². The van der Waals surface area contributed by atoms with Crippen molar-refractivity contribution in [3.8, 4) is 0 Å². The molecule has 0 rings (SSSR count). The Kier molecular flexibility index (Phi) is 6.26. The minimum absolute atomic E-state index is 0.0912. The number of hydrogen-bond donors (Lipinski definition) is 2. The van der Waals surface area contributed by atoms with Crippen LogP contribution in [0.3, 0.4) is 0 Å². The Labute approximate surface area is 98.2 Å². The summed E-state index contributed by atoms with van der Waals surface area (Å²) in [7, 11) is 0. The number of aldehydes is 1. The average Bonchev–Trinajstić information content (AvgIpc) is 2.12. The molecule has 1 unspecified atom stereocenters. The average molecular weight is 228 g/mol. The zero-order valence-corrected chi connectivity index (χ0v) is 11.0. The van der Waals surface area contributed by atoms with E-state index in [4.69, 9.17) is 0 Å². The molecule has 0 saturated carbocycles. The molecule has 0 aromatic rings. The van der Waals surface area contributed by atoms with Gasteiger partial charge in [-0.05, 0) is 33.1 Å². The molecular formula is C12H24N2O2. The second-order valence-electron chi connectivity index (χ2n) is 5.54. The van der Waals surface area contributed by atoms with Crippen LogP contribution in [0.25, 0.3) is 0 Å². The lowest BCUT2D eigenvalue weighted by atomic mass is 10.0. The fraction of sp³-hybridized carbons (Fsp3) is 0.833. The highest BCUT2D eigenvalue weighted by atomic mass is 16.2. The SMILES string of the molecule is CC(C)CC(C=O)NC(=O)CNC(C)(C)C. The van der Waals surface area contributed by atoms with Crippen molar-refractivity contribution in [2.75, 3.05) is 6.54 Å². The highest BCUT2D eigenvalue weighted by molar-refractivity contribution is 5.81. The van der Waals surface area contributed by atoms with E-state index in [2.05, 4.69) is 10.6 Å². The van der Waals surface area contributed by atoms with Crippen LogP contribution >= 0.6 is 0 Å². The van der Waals surface area contributed by atoms with E-state index in [1.54, 1.807) is 0 Å². The van der Waals surface area contributed by atoms with Crippen LogP contribution in [0.5, 0.6) is 0 Å². The molecule has 16 heavy (non-hydrogen) atoms. The summed E-state index contributed by atoms with van der Waals surface area (Å²) in [6.07, 6.45) is 1.49. The van der Waals surface area contributed by atoms with Gasteiger partial charge in [-0.2, -0.15) is 0 Å². The Balaban J connectivity index is 3.97. The number of hydrogen-bond acceptors (Lipinski definition) is 3. The van der Waals surface area contributed by atoms with E-state index in [0.717, 1.165) is 6.29 Å². The molecule has 0 saturated heterocycles. The molecule has 0 aliphatic carbocycles. The molecule has 0 aromatic carbocycles. The molecule has 1 atom stereocenters. The van der Waals surface area contributed by atoms with Gasteiger partial charge in [-0.1, -0.05) is 13.8 Å². The molecule has 94 valence electrons. The van der Waals surface area contributed by atoms with E-state index >= 15 is 0 Å². The van der Waals surface area contributed by atoms with Gasteiger partial charge in [0.1, 0.15) is 6.29 Å². The third kappa shape index (κ3) is 8.41. The first kappa shape index (κ1) is 15.1. The summed E-state index contributed by atoms with van der Waals surface area (Å²) in [4.78, 5) is 22.3. The standard InChI is InChI=1S/C12H24N2O2/c1-9(2)6-10(8-15)14-11(16)7-13-12(3,4)5/h8-10,13H,6-7H2,1-5H3,(H,14,16). The van der Waals surface area contributed by atoms with Gasteiger partial charge in [-0.15, -0.1) is 0 Å². The quantitative estimate of drug-likeness (QED) is 0.669. The monoisotopic (exact) mass is 228 g/mol. The van der Waals surface area contributed by atoms with Crippen molar-refractivity contribution in [1.29, 1.82) is 0 Å². The summed E-state index contributed by atoms with van der Waals surface area (Å²) in [5, 5.41) is 5.78. The van der Waals surface area contributed by atoms with Crippen LogP contribution in [-0.2, 0) is 9.59 Å². The summed E-state index contributed by atoms with van der Waals surface area (Å²) < 4.78 is 0. The Bertz CT molecular complexity index is 232. The van der Waals surface area contributed by atoms with Gasteiger partial charge < -0.3 is 15.4 Å². The molecule has 4 nitrogen and oxygen atoms in total. The van der Waals surface area contributed by atoms with E-state index < -0.39 is 0 Å². The van der Waals surface area contributed by atoms with Gasteiger partial charge in [0.05, 0.1) is 12.6 Å². The number of amides is 1. The Morgan fingerprint density at radius 1 is 1.31 bits per heavy atom. The topological polar surface area (TPSA) is 58.2 Å². The van der Waals surface area contributed by atoms with Crippen LogP contribution in [-0.4, -0.2) is 30.3 Å². The maximum atomic E-state index is 11.5. The normalized spacial score (nSPS) is 13.6. The van der Waals surface area contributed by atoms with Gasteiger partial charge >= 0.3 is 0 Å². The predicted octanol–water partition coefficient (Wildman–Crippen LogP) is 1.10. The molecule has 0 radical (unpaired) electrons. The lowest BCUT2D eigenvalue weighted by molar-refractivity contribution is -0.123. The van der Waals surface area contributed by atoms with Gasteiger partial charge in [-0.3, -0.25) is 4.79 Å². The van der Waals surface area contributed by atoms with Crippen LogP contribution < -0.4 is 10.6 Å². The fourth-order valence-electron chi connectivity index (χ4n) is 1.26. The number of carbonyl (C=O) groups is 2. The Morgan fingerprint density at radius 2 is 1.88 bits per heavy atom. The van der Waals surface area contributed by atoms with Crippen molar-refractivity contribution in [1.82, 2.24) is 10.6 Å². The minimum Gasteiger partial charge on any atom is -0.345 e. The highest BCUT2D eigenvalue weighted by Crippen LogP contribution is 2.02. The zero-order chi connectivity index (χ0) is 12.8. The summed E-state index contributed by atoms with van der Waals surface area (Å²) in [6.45, 7) is 10.3. The maximum absolute atomic E-state index is 11.5. The zero-order valence-electron chi connectivity index (χ0n) is 11.0. The van der Waals surface area contributed by atoms with Crippen LogP contribution in [0.2, 0.25) is 0 Å². The molecule has 0 spiro atoms. The smallest absolute Gasteiger partial charge is 0.234 e. The van der Waals surface area contributed by atoms with Crippen molar-refractivity contribution >= 4 is 12.2 Å². The lowest BCUT2D eigenvalue weighted by Gasteiger charge is -2.21. The summed E-state index contributed by atoms with van der Waals surface area (Å²) in [6, 6.07) is -0.366. The first-order chi connectivity index (χ1) is 7.24. The van der Waals surface area contributed by atoms with Gasteiger partial charge in [-0.25, -0.2) is 0 Å². The summed E-state index contributed by atoms with van der Waals surface area (Å²) >= 11 is 0. The predicted molar refractivity (Wildman–Crippen MR) is 65.2 cm³/mol. The largest absolute Gasteiger partial charge is 0.345 e. The summed E-state index contributed by atoms with van der Waals surface area (Å²) in [5.41, 5.74) is -0.0912. The summed E-state index contributed by atoms with van der Waals surface area (Å²) in [5.74, 6) is 0.263. The van der Waals surface area contributed by atoms with E-state index in [1.165, 1.54) is 0 Å². The second kappa shape index (κ2) is 6.63. The van der Waals surface area contributed by atoms with Crippen molar-refractivity contribution in [3.05, 3.63) is 0 Å². The molecule has 0 aliphatic heterocycles. The maximum Gasteiger partial charge on any atom is 0.234 e.